The van der Waals surface area contributed by atoms with Gasteiger partial charge in [0.1, 0.15) is 0 Å². The maximum absolute atomic E-state index is 3.33. The molecule has 0 aromatic heterocycles. The Kier molecular flexibility index (Phi) is 2.11. The van der Waals surface area contributed by atoms with Crippen molar-refractivity contribution in [1.29, 1.82) is 0 Å². The van der Waals surface area contributed by atoms with Crippen molar-refractivity contribution in [3.8, 4) is 0 Å². The molecule has 12 heavy (non-hydrogen) atoms. The molecule has 1 atom stereocenters. The van der Waals surface area contributed by atoms with Crippen LogP contribution in [0.1, 0.15) is 17.2 Å². The summed E-state index contributed by atoms with van der Waals surface area (Å²) in [5.74, 6) is 1.18. The minimum absolute atomic E-state index is 0.560. The van der Waals surface area contributed by atoms with Crippen LogP contribution < -0.4 is 5.32 Å². The van der Waals surface area contributed by atoms with Gasteiger partial charge in [-0.15, -0.1) is 11.8 Å². The first kappa shape index (κ1) is 8.14. The summed E-state index contributed by atoms with van der Waals surface area (Å²) in [5.41, 5.74) is 2.89. The molecule has 0 saturated heterocycles. The third-order valence-corrected chi connectivity index (χ3v) is 3.71. The molecule has 1 nitrogen and oxygen atoms in total. The Bertz CT molecular complexity index is 296. The van der Waals surface area contributed by atoms with Gasteiger partial charge in [0.15, 0.2) is 0 Å². The van der Waals surface area contributed by atoms with Gasteiger partial charge in [0.05, 0.1) is 0 Å². The van der Waals surface area contributed by atoms with E-state index < -0.39 is 0 Å². The Morgan fingerprint density at radius 1 is 1.50 bits per heavy atom. The molecule has 2 rings (SSSR count). The Hall–Kier alpha value is -0.470. The van der Waals surface area contributed by atoms with E-state index in [1.54, 1.807) is 0 Å². The molecule has 1 N–H and O–H groups in total. The summed E-state index contributed by atoms with van der Waals surface area (Å²) in [7, 11) is 2.03. The molecule has 1 aromatic rings. The van der Waals surface area contributed by atoms with Gasteiger partial charge in [-0.3, -0.25) is 0 Å². The topological polar surface area (TPSA) is 12.0 Å². The second-order valence-electron chi connectivity index (χ2n) is 3.15. The van der Waals surface area contributed by atoms with Gasteiger partial charge in [0.2, 0.25) is 0 Å². The molecule has 1 unspecified atom stereocenters. The smallest absolute Gasteiger partial charge is 0.0424 e. The fraction of sp³-hybridized carbons (Fsp3) is 0.400. The molecule has 0 bridgehead atoms. The standard InChI is InChI=1S/C10H13NS/c1-7-4-3-5-8-9(11-2)6-12-10(7)8/h3-5,9,11H,6H2,1-2H3. The Labute approximate surface area is 77.6 Å². The summed E-state index contributed by atoms with van der Waals surface area (Å²) >= 11 is 1.96. The number of thioether (sulfide) groups is 1. The van der Waals surface area contributed by atoms with Crippen LogP contribution in [0.15, 0.2) is 23.1 Å². The summed E-state index contributed by atoms with van der Waals surface area (Å²) in [4.78, 5) is 1.48. The molecule has 0 amide bonds. The molecule has 64 valence electrons. The fourth-order valence-corrected chi connectivity index (χ4v) is 2.99. The molecule has 1 aromatic carbocycles. The van der Waals surface area contributed by atoms with Crippen LogP contribution in [0.3, 0.4) is 0 Å². The van der Waals surface area contributed by atoms with Crippen molar-refractivity contribution in [2.45, 2.75) is 17.9 Å². The molecule has 1 aliphatic rings. The first-order valence-electron chi connectivity index (χ1n) is 4.22. The second kappa shape index (κ2) is 3.11. The fourth-order valence-electron chi connectivity index (χ4n) is 1.64. The maximum Gasteiger partial charge on any atom is 0.0424 e. The SMILES string of the molecule is CNC1CSc2c(C)cccc21. The number of hydrogen-bond acceptors (Lipinski definition) is 2. The van der Waals surface area contributed by atoms with Gasteiger partial charge in [-0.2, -0.15) is 0 Å². The summed E-state index contributed by atoms with van der Waals surface area (Å²) in [5, 5.41) is 3.33. The van der Waals surface area contributed by atoms with E-state index in [9.17, 15) is 0 Å². The van der Waals surface area contributed by atoms with Crippen LogP contribution in [0.25, 0.3) is 0 Å². The Balaban J connectivity index is 2.46. The van der Waals surface area contributed by atoms with E-state index in [4.69, 9.17) is 0 Å². The highest BCUT2D eigenvalue weighted by atomic mass is 32.2. The highest BCUT2D eigenvalue weighted by Gasteiger charge is 2.22. The Morgan fingerprint density at radius 2 is 2.33 bits per heavy atom. The predicted molar refractivity (Wildman–Crippen MR) is 53.7 cm³/mol. The van der Waals surface area contributed by atoms with E-state index in [2.05, 4.69) is 30.4 Å². The first-order valence-corrected chi connectivity index (χ1v) is 5.21. The molecule has 1 aliphatic heterocycles. The van der Waals surface area contributed by atoms with Gasteiger partial charge >= 0.3 is 0 Å². The summed E-state index contributed by atoms with van der Waals surface area (Å²) in [6.45, 7) is 2.18. The van der Waals surface area contributed by atoms with E-state index in [0.29, 0.717) is 6.04 Å². The van der Waals surface area contributed by atoms with Crippen LogP contribution >= 0.6 is 11.8 Å². The average Bonchev–Trinajstić information content (AvgIpc) is 2.49. The van der Waals surface area contributed by atoms with Crippen LogP contribution in [0.4, 0.5) is 0 Å². The van der Waals surface area contributed by atoms with Crippen LogP contribution in [0.5, 0.6) is 0 Å². The summed E-state index contributed by atoms with van der Waals surface area (Å²) in [6.07, 6.45) is 0. The van der Waals surface area contributed by atoms with Crippen LogP contribution in [0.2, 0.25) is 0 Å². The van der Waals surface area contributed by atoms with Crippen LogP contribution in [-0.4, -0.2) is 12.8 Å². The van der Waals surface area contributed by atoms with Gasteiger partial charge in [-0.25, -0.2) is 0 Å². The molecule has 0 saturated carbocycles. The van der Waals surface area contributed by atoms with Gasteiger partial charge < -0.3 is 5.32 Å². The van der Waals surface area contributed by atoms with Crippen molar-refractivity contribution in [3.05, 3.63) is 29.3 Å². The third kappa shape index (κ3) is 1.15. The number of benzene rings is 1. The molecule has 0 spiro atoms. The zero-order valence-electron chi connectivity index (χ0n) is 7.42. The van der Waals surface area contributed by atoms with Crippen molar-refractivity contribution in [2.24, 2.45) is 0 Å². The maximum atomic E-state index is 3.33. The second-order valence-corrected chi connectivity index (χ2v) is 4.18. The minimum Gasteiger partial charge on any atom is -0.312 e. The molecule has 0 radical (unpaired) electrons. The lowest BCUT2D eigenvalue weighted by Gasteiger charge is -2.08. The van der Waals surface area contributed by atoms with Crippen LogP contribution in [-0.2, 0) is 0 Å². The van der Waals surface area contributed by atoms with Crippen LogP contribution in [0, 0.1) is 6.92 Å². The number of fused-ring (bicyclic) bond motifs is 1. The highest BCUT2D eigenvalue weighted by Crippen LogP contribution is 2.39. The number of nitrogens with one attached hydrogen (secondary N) is 1. The third-order valence-electron chi connectivity index (χ3n) is 2.36. The number of aryl methyl sites for hydroxylation is 1. The largest absolute Gasteiger partial charge is 0.312 e. The zero-order valence-corrected chi connectivity index (χ0v) is 8.24. The van der Waals surface area contributed by atoms with Crippen molar-refractivity contribution in [2.75, 3.05) is 12.8 Å². The Morgan fingerprint density at radius 3 is 3.08 bits per heavy atom. The molecular weight excluding hydrogens is 166 g/mol. The predicted octanol–water partition coefficient (Wildman–Crippen LogP) is 2.36. The quantitative estimate of drug-likeness (QED) is 0.710. The monoisotopic (exact) mass is 179 g/mol. The lowest BCUT2D eigenvalue weighted by molar-refractivity contribution is 0.663. The van der Waals surface area contributed by atoms with E-state index >= 15 is 0 Å². The highest BCUT2D eigenvalue weighted by molar-refractivity contribution is 7.99. The van der Waals surface area contributed by atoms with E-state index in [0.717, 1.165) is 0 Å². The number of hydrogen-bond donors (Lipinski definition) is 1. The van der Waals surface area contributed by atoms with Crippen molar-refractivity contribution < 1.29 is 0 Å². The lowest BCUT2D eigenvalue weighted by Crippen LogP contribution is -2.15. The zero-order chi connectivity index (χ0) is 8.55. The molecular formula is C10H13NS. The lowest BCUT2D eigenvalue weighted by atomic mass is 10.1. The number of rotatable bonds is 1. The summed E-state index contributed by atoms with van der Waals surface area (Å²) in [6, 6.07) is 7.11. The van der Waals surface area contributed by atoms with Gasteiger partial charge in [0.25, 0.3) is 0 Å². The van der Waals surface area contributed by atoms with Crippen molar-refractivity contribution in [1.82, 2.24) is 5.32 Å². The van der Waals surface area contributed by atoms with Crippen molar-refractivity contribution >= 4 is 11.8 Å². The molecule has 1 heterocycles. The van der Waals surface area contributed by atoms with Crippen molar-refractivity contribution in [3.63, 3.8) is 0 Å². The van der Waals surface area contributed by atoms with Gasteiger partial charge in [-0.1, -0.05) is 18.2 Å². The summed E-state index contributed by atoms with van der Waals surface area (Å²) < 4.78 is 0. The molecule has 2 heteroatoms. The molecule has 0 aliphatic carbocycles. The minimum atomic E-state index is 0.560. The van der Waals surface area contributed by atoms with E-state index in [1.807, 2.05) is 18.8 Å². The average molecular weight is 179 g/mol. The normalized spacial score (nSPS) is 21.0. The van der Waals surface area contributed by atoms with E-state index in [1.165, 1.54) is 21.8 Å². The van der Waals surface area contributed by atoms with E-state index in [-0.39, 0.29) is 0 Å². The van der Waals surface area contributed by atoms with Gasteiger partial charge in [0, 0.05) is 16.7 Å². The molecule has 0 fully saturated rings. The van der Waals surface area contributed by atoms with Gasteiger partial charge in [-0.05, 0) is 25.1 Å². The first-order chi connectivity index (χ1) is 5.83.